The number of aliphatic hydroxyl groups is 1. The van der Waals surface area contributed by atoms with Gasteiger partial charge in [-0.05, 0) is 18.2 Å². The van der Waals surface area contributed by atoms with E-state index in [1.54, 1.807) is 30.3 Å². The van der Waals surface area contributed by atoms with Crippen LogP contribution in [-0.4, -0.2) is 44.4 Å². The highest BCUT2D eigenvalue weighted by Gasteiger charge is 2.39. The molecular weight excluding hydrogens is 451 g/mol. The zero-order valence-corrected chi connectivity index (χ0v) is 17.4. The van der Waals surface area contributed by atoms with E-state index in [0.29, 0.717) is 11.8 Å². The summed E-state index contributed by atoms with van der Waals surface area (Å²) in [6, 6.07) is 12.8. The van der Waals surface area contributed by atoms with E-state index in [1.165, 1.54) is 12.1 Å². The molecule has 2 aromatic heterocycles. The van der Waals surface area contributed by atoms with Crippen LogP contribution < -0.4 is 20.7 Å². The zero-order valence-electron chi connectivity index (χ0n) is 17.4. The first kappa shape index (κ1) is 22.8. The predicted molar refractivity (Wildman–Crippen MR) is 112 cm³/mol. The van der Waals surface area contributed by atoms with Crippen molar-refractivity contribution in [2.24, 2.45) is 0 Å². The number of hydrogen-bond acceptors (Lipinski definition) is 9. The molecule has 1 fully saturated rings. The molecule has 1 saturated heterocycles. The van der Waals surface area contributed by atoms with Crippen molar-refractivity contribution in [1.29, 1.82) is 5.26 Å². The third kappa shape index (κ3) is 4.70. The van der Waals surface area contributed by atoms with Gasteiger partial charge in [0.15, 0.2) is 0 Å². The Morgan fingerprint density at radius 1 is 1.29 bits per heavy atom. The maximum Gasteiger partial charge on any atom is 0.344 e. The van der Waals surface area contributed by atoms with Gasteiger partial charge in [-0.25, -0.2) is 9.59 Å². The van der Waals surface area contributed by atoms with Crippen LogP contribution in [0.15, 0.2) is 58.3 Å². The van der Waals surface area contributed by atoms with Crippen molar-refractivity contribution >= 4 is 5.97 Å². The predicted octanol–water partition coefficient (Wildman–Crippen LogP) is 0.889. The van der Waals surface area contributed by atoms with Crippen LogP contribution in [0.4, 0.5) is 4.39 Å². The van der Waals surface area contributed by atoms with E-state index in [-0.39, 0.29) is 23.7 Å². The fourth-order valence-electron chi connectivity index (χ4n) is 3.36. The van der Waals surface area contributed by atoms with Gasteiger partial charge in [-0.15, -0.1) is 0 Å². The van der Waals surface area contributed by atoms with Gasteiger partial charge in [-0.3, -0.25) is 14.3 Å². The highest BCUT2D eigenvalue weighted by atomic mass is 19.1. The van der Waals surface area contributed by atoms with E-state index in [2.05, 4.69) is 4.98 Å². The highest BCUT2D eigenvalue weighted by molar-refractivity contribution is 5.90. The van der Waals surface area contributed by atoms with E-state index in [4.69, 9.17) is 14.2 Å². The Labute approximate surface area is 190 Å². The third-order valence-electron chi connectivity index (χ3n) is 5.02. The van der Waals surface area contributed by atoms with Crippen molar-refractivity contribution in [1.82, 2.24) is 14.5 Å². The van der Waals surface area contributed by atoms with Gasteiger partial charge < -0.3 is 19.3 Å². The standard InChI is InChI=1S/C22H17FN4O7/c23-14-10-27(22(31)26-19(14)29)18-8-15(16(11-28)32-18)33-20-13(9-24)6-7-17(25-20)34-21(30)12-4-2-1-3-5-12/h1-7,10,15-16,18,28H,8,11H2,(H,26,29,31)/t15?,16-,18-/m0/s1. The minimum Gasteiger partial charge on any atom is -0.470 e. The molecule has 174 valence electrons. The molecule has 3 atom stereocenters. The Bertz CT molecular complexity index is 1370. The first-order chi connectivity index (χ1) is 16.4. The molecule has 0 amide bonds. The molecular formula is C22H17FN4O7. The van der Waals surface area contributed by atoms with E-state index >= 15 is 0 Å². The molecule has 1 aliphatic rings. The van der Waals surface area contributed by atoms with E-state index < -0.39 is 48.1 Å². The maximum atomic E-state index is 13.7. The molecule has 0 aliphatic carbocycles. The number of nitriles is 1. The number of esters is 1. The van der Waals surface area contributed by atoms with E-state index in [0.717, 1.165) is 4.57 Å². The number of carbonyl (C=O) groups excluding carboxylic acids is 1. The lowest BCUT2D eigenvalue weighted by Gasteiger charge is -2.18. The second-order valence-electron chi connectivity index (χ2n) is 7.22. The second-order valence-corrected chi connectivity index (χ2v) is 7.22. The van der Waals surface area contributed by atoms with Crippen LogP contribution in [0.1, 0.15) is 28.6 Å². The molecule has 0 spiro atoms. The molecule has 34 heavy (non-hydrogen) atoms. The first-order valence-electron chi connectivity index (χ1n) is 10.0. The van der Waals surface area contributed by atoms with Gasteiger partial charge >= 0.3 is 11.7 Å². The molecule has 0 bridgehead atoms. The quantitative estimate of drug-likeness (QED) is 0.501. The van der Waals surface area contributed by atoms with Crippen LogP contribution in [0.25, 0.3) is 0 Å². The van der Waals surface area contributed by atoms with Gasteiger partial charge in [0.05, 0.1) is 18.4 Å². The summed E-state index contributed by atoms with van der Waals surface area (Å²) in [4.78, 5) is 41.5. The summed E-state index contributed by atoms with van der Waals surface area (Å²) >= 11 is 0. The van der Waals surface area contributed by atoms with Crippen LogP contribution in [0.5, 0.6) is 11.8 Å². The second kappa shape index (κ2) is 9.65. The van der Waals surface area contributed by atoms with Gasteiger partial charge in [0, 0.05) is 12.5 Å². The normalized spacial score (nSPS) is 19.4. The molecule has 11 nitrogen and oxygen atoms in total. The molecule has 1 aromatic carbocycles. The number of carbonyl (C=O) groups is 1. The molecule has 3 aromatic rings. The highest BCUT2D eigenvalue weighted by Crippen LogP contribution is 2.32. The summed E-state index contributed by atoms with van der Waals surface area (Å²) in [5, 5.41) is 19.1. The number of hydrogen-bond donors (Lipinski definition) is 2. The summed E-state index contributed by atoms with van der Waals surface area (Å²) in [6.45, 7) is -0.522. The minimum atomic E-state index is -1.19. The molecule has 12 heteroatoms. The SMILES string of the molecule is N#Cc1ccc(OC(=O)c2ccccc2)nc1OC1C[C@@H](n2cc(F)c(=O)[nH]c2=O)O[C@H]1CO. The Morgan fingerprint density at radius 2 is 2.06 bits per heavy atom. The third-order valence-corrected chi connectivity index (χ3v) is 5.02. The van der Waals surface area contributed by atoms with Gasteiger partial charge in [-0.1, -0.05) is 18.2 Å². The molecule has 0 saturated carbocycles. The number of ether oxygens (including phenoxy) is 3. The Balaban J connectivity index is 1.56. The fraction of sp³-hybridized carbons (Fsp3) is 0.227. The van der Waals surface area contributed by atoms with Crippen molar-refractivity contribution < 1.29 is 28.5 Å². The Kier molecular flexibility index (Phi) is 6.48. The summed E-state index contributed by atoms with van der Waals surface area (Å²) < 4.78 is 31.1. The average molecular weight is 468 g/mol. The van der Waals surface area contributed by atoms with Crippen LogP contribution in [0.3, 0.4) is 0 Å². The van der Waals surface area contributed by atoms with Crippen molar-refractivity contribution in [3.8, 4) is 17.8 Å². The molecule has 3 heterocycles. The van der Waals surface area contributed by atoms with E-state index in [9.17, 15) is 29.1 Å². The first-order valence-corrected chi connectivity index (χ1v) is 10.0. The summed E-state index contributed by atoms with van der Waals surface area (Å²) in [5.74, 6) is -2.17. The Hall–Kier alpha value is -4.34. The van der Waals surface area contributed by atoms with Crippen LogP contribution in [0.2, 0.25) is 0 Å². The minimum absolute atomic E-state index is 0.0203. The Morgan fingerprint density at radius 3 is 2.76 bits per heavy atom. The van der Waals surface area contributed by atoms with Gasteiger partial charge in [0.2, 0.25) is 17.6 Å². The zero-order chi connectivity index (χ0) is 24.2. The van der Waals surface area contributed by atoms with Gasteiger partial charge in [0.25, 0.3) is 5.56 Å². The smallest absolute Gasteiger partial charge is 0.344 e. The molecule has 4 rings (SSSR count). The van der Waals surface area contributed by atoms with Crippen molar-refractivity contribution in [3.05, 3.63) is 86.4 Å². The number of benzene rings is 1. The largest absolute Gasteiger partial charge is 0.470 e. The van der Waals surface area contributed by atoms with Crippen LogP contribution in [-0.2, 0) is 4.74 Å². The maximum absolute atomic E-state index is 13.7. The van der Waals surface area contributed by atoms with Crippen LogP contribution in [0, 0.1) is 17.1 Å². The fourth-order valence-corrected chi connectivity index (χ4v) is 3.36. The number of nitrogens with one attached hydrogen (secondary N) is 1. The number of aromatic nitrogens is 3. The lowest BCUT2D eigenvalue weighted by molar-refractivity contribution is -0.0430. The number of pyridine rings is 1. The topological polar surface area (TPSA) is 157 Å². The molecule has 0 radical (unpaired) electrons. The monoisotopic (exact) mass is 468 g/mol. The van der Waals surface area contributed by atoms with Crippen LogP contribution >= 0.6 is 0 Å². The average Bonchev–Trinajstić information content (AvgIpc) is 3.24. The number of aliphatic hydroxyl groups excluding tert-OH is 1. The van der Waals surface area contributed by atoms with E-state index in [1.807, 2.05) is 11.1 Å². The number of rotatable bonds is 6. The van der Waals surface area contributed by atoms with Crippen molar-refractivity contribution in [3.63, 3.8) is 0 Å². The van der Waals surface area contributed by atoms with Crippen molar-refractivity contribution in [2.75, 3.05) is 6.61 Å². The van der Waals surface area contributed by atoms with Gasteiger partial charge in [-0.2, -0.15) is 14.6 Å². The number of aromatic amines is 1. The van der Waals surface area contributed by atoms with Crippen molar-refractivity contribution in [2.45, 2.75) is 24.9 Å². The lowest BCUT2D eigenvalue weighted by Crippen LogP contribution is -2.34. The molecule has 1 aliphatic heterocycles. The summed E-state index contributed by atoms with van der Waals surface area (Å²) in [6.07, 6.45) is -2.28. The number of halogens is 1. The lowest BCUT2D eigenvalue weighted by atomic mass is 10.2. The number of nitrogens with zero attached hydrogens (tertiary/aromatic N) is 3. The summed E-state index contributed by atoms with van der Waals surface area (Å²) in [5.41, 5.74) is -1.76. The molecule has 2 N–H and O–H groups in total. The molecule has 1 unspecified atom stereocenters. The number of H-pyrrole nitrogens is 1. The van der Waals surface area contributed by atoms with Gasteiger partial charge in [0.1, 0.15) is 30.1 Å². The summed E-state index contributed by atoms with van der Waals surface area (Å²) in [7, 11) is 0.